The summed E-state index contributed by atoms with van der Waals surface area (Å²) in [4.78, 5) is 15.1. The van der Waals surface area contributed by atoms with Gasteiger partial charge in [0.2, 0.25) is 5.75 Å². The van der Waals surface area contributed by atoms with E-state index in [1.165, 1.54) is 11.8 Å². The van der Waals surface area contributed by atoms with Crippen LogP contribution in [-0.2, 0) is 4.79 Å². The first-order valence-corrected chi connectivity index (χ1v) is 9.36. The summed E-state index contributed by atoms with van der Waals surface area (Å²) >= 11 is 6.72. The number of carbonyl (C=O) groups is 1. The summed E-state index contributed by atoms with van der Waals surface area (Å²) in [6.45, 7) is 1.96. The summed E-state index contributed by atoms with van der Waals surface area (Å²) in [6, 6.07) is 11.3. The van der Waals surface area contributed by atoms with Gasteiger partial charge in [0.1, 0.15) is 0 Å². The Morgan fingerprint density at radius 2 is 1.67 bits per heavy atom. The van der Waals surface area contributed by atoms with E-state index in [2.05, 4.69) is 0 Å². The molecule has 1 amide bonds. The van der Waals surface area contributed by atoms with Gasteiger partial charge in [0.05, 0.1) is 31.9 Å². The standard InChI is InChI=1S/C20H19NO4S2/c1-12-7-5-6-8-14(12)21-19(22)17(27-20(21)26)11-13-9-15(23-2)18(25-4)16(10-13)24-3/h5-11H,1-4H3. The molecule has 5 nitrogen and oxygen atoms in total. The van der Waals surface area contributed by atoms with Gasteiger partial charge >= 0.3 is 0 Å². The van der Waals surface area contributed by atoms with Crippen molar-refractivity contribution in [3.8, 4) is 17.2 Å². The van der Waals surface area contributed by atoms with E-state index in [-0.39, 0.29) is 5.91 Å². The molecular formula is C20H19NO4S2. The lowest BCUT2D eigenvalue weighted by molar-refractivity contribution is -0.113. The van der Waals surface area contributed by atoms with Gasteiger partial charge in [-0.3, -0.25) is 9.69 Å². The van der Waals surface area contributed by atoms with Gasteiger partial charge in [-0.1, -0.05) is 42.2 Å². The van der Waals surface area contributed by atoms with Crippen molar-refractivity contribution in [2.45, 2.75) is 6.92 Å². The van der Waals surface area contributed by atoms with E-state index in [9.17, 15) is 4.79 Å². The molecular weight excluding hydrogens is 382 g/mol. The first kappa shape index (κ1) is 19.3. The van der Waals surface area contributed by atoms with Crippen molar-refractivity contribution in [2.75, 3.05) is 26.2 Å². The van der Waals surface area contributed by atoms with Gasteiger partial charge in [-0.15, -0.1) is 0 Å². The quantitative estimate of drug-likeness (QED) is 0.546. The number of hydrogen-bond donors (Lipinski definition) is 0. The Kier molecular flexibility index (Phi) is 5.72. The van der Waals surface area contributed by atoms with E-state index in [0.29, 0.717) is 26.5 Å². The van der Waals surface area contributed by atoms with Crippen LogP contribution in [0, 0.1) is 6.92 Å². The lowest BCUT2D eigenvalue weighted by Gasteiger charge is -2.16. The number of nitrogens with zero attached hydrogens (tertiary/aromatic N) is 1. The predicted octanol–water partition coefficient (Wildman–Crippen LogP) is 4.43. The number of amides is 1. The van der Waals surface area contributed by atoms with E-state index in [0.717, 1.165) is 16.8 Å². The number of anilines is 1. The van der Waals surface area contributed by atoms with Gasteiger partial charge in [-0.05, 0) is 42.3 Å². The zero-order chi connectivity index (χ0) is 19.6. The molecule has 2 aromatic rings. The zero-order valence-electron chi connectivity index (χ0n) is 15.4. The third-order valence-electron chi connectivity index (χ3n) is 4.13. The molecule has 7 heteroatoms. The Labute approximate surface area is 167 Å². The van der Waals surface area contributed by atoms with Crippen molar-refractivity contribution in [1.82, 2.24) is 0 Å². The molecule has 0 spiro atoms. The van der Waals surface area contributed by atoms with Gasteiger partial charge in [-0.2, -0.15) is 0 Å². The molecule has 1 aliphatic rings. The summed E-state index contributed by atoms with van der Waals surface area (Å²) < 4.78 is 16.6. The van der Waals surface area contributed by atoms with E-state index in [4.69, 9.17) is 26.4 Å². The van der Waals surface area contributed by atoms with Gasteiger partial charge in [0.25, 0.3) is 5.91 Å². The lowest BCUT2D eigenvalue weighted by atomic mass is 10.1. The number of benzene rings is 2. The topological polar surface area (TPSA) is 48.0 Å². The van der Waals surface area contributed by atoms with Gasteiger partial charge in [0.15, 0.2) is 15.8 Å². The van der Waals surface area contributed by atoms with Crippen molar-refractivity contribution in [1.29, 1.82) is 0 Å². The average Bonchev–Trinajstić information content (AvgIpc) is 2.94. The van der Waals surface area contributed by atoms with E-state index >= 15 is 0 Å². The first-order chi connectivity index (χ1) is 13.0. The zero-order valence-corrected chi connectivity index (χ0v) is 17.1. The molecule has 0 aromatic heterocycles. The largest absolute Gasteiger partial charge is 0.493 e. The Balaban J connectivity index is 2.00. The first-order valence-electron chi connectivity index (χ1n) is 8.13. The minimum absolute atomic E-state index is 0.145. The fraction of sp³-hybridized carbons (Fsp3) is 0.200. The van der Waals surface area contributed by atoms with Crippen molar-refractivity contribution < 1.29 is 19.0 Å². The number of methoxy groups -OCH3 is 3. The Hall–Kier alpha value is -2.51. The highest BCUT2D eigenvalue weighted by Crippen LogP contribution is 2.41. The summed E-state index contributed by atoms with van der Waals surface area (Å²) in [5.41, 5.74) is 2.55. The molecule has 1 heterocycles. The Morgan fingerprint density at radius 1 is 1.04 bits per heavy atom. The van der Waals surface area contributed by atoms with Crippen molar-refractivity contribution in [3.05, 3.63) is 52.4 Å². The number of thiocarbonyl (C=S) groups is 1. The molecule has 0 radical (unpaired) electrons. The Bertz CT molecular complexity index is 914. The van der Waals surface area contributed by atoms with Crippen LogP contribution in [0.5, 0.6) is 17.2 Å². The second-order valence-electron chi connectivity index (χ2n) is 5.76. The van der Waals surface area contributed by atoms with Crippen LogP contribution in [0.3, 0.4) is 0 Å². The second-order valence-corrected chi connectivity index (χ2v) is 7.44. The molecule has 140 valence electrons. The maximum absolute atomic E-state index is 13.0. The molecule has 1 fully saturated rings. The molecule has 0 unspecified atom stereocenters. The minimum Gasteiger partial charge on any atom is -0.493 e. The van der Waals surface area contributed by atoms with Crippen LogP contribution in [0.25, 0.3) is 6.08 Å². The monoisotopic (exact) mass is 401 g/mol. The van der Waals surface area contributed by atoms with Gasteiger partial charge < -0.3 is 14.2 Å². The highest BCUT2D eigenvalue weighted by molar-refractivity contribution is 8.27. The summed E-state index contributed by atoms with van der Waals surface area (Å²) in [7, 11) is 4.66. The van der Waals surface area contributed by atoms with Crippen LogP contribution in [0.15, 0.2) is 41.3 Å². The van der Waals surface area contributed by atoms with Crippen LogP contribution in [0.4, 0.5) is 5.69 Å². The molecule has 0 bridgehead atoms. The van der Waals surface area contributed by atoms with E-state index in [1.807, 2.05) is 31.2 Å². The van der Waals surface area contributed by atoms with Gasteiger partial charge in [-0.25, -0.2) is 0 Å². The maximum atomic E-state index is 13.0. The van der Waals surface area contributed by atoms with Gasteiger partial charge in [0, 0.05) is 0 Å². The molecule has 27 heavy (non-hydrogen) atoms. The minimum atomic E-state index is -0.145. The fourth-order valence-electron chi connectivity index (χ4n) is 2.83. The molecule has 3 rings (SSSR count). The number of rotatable bonds is 5. The highest BCUT2D eigenvalue weighted by atomic mass is 32.2. The summed E-state index contributed by atoms with van der Waals surface area (Å²) in [6.07, 6.45) is 1.78. The normalized spacial score (nSPS) is 15.4. The number of para-hydroxylation sites is 1. The van der Waals surface area contributed by atoms with Crippen molar-refractivity contribution in [3.63, 3.8) is 0 Å². The smallest absolute Gasteiger partial charge is 0.270 e. The number of hydrogen-bond acceptors (Lipinski definition) is 6. The van der Waals surface area contributed by atoms with Crippen molar-refractivity contribution in [2.24, 2.45) is 0 Å². The molecule has 0 aliphatic carbocycles. The predicted molar refractivity (Wildman–Crippen MR) is 113 cm³/mol. The van der Waals surface area contributed by atoms with Crippen LogP contribution < -0.4 is 19.1 Å². The third-order valence-corrected chi connectivity index (χ3v) is 5.44. The Morgan fingerprint density at radius 3 is 2.22 bits per heavy atom. The fourth-order valence-corrected chi connectivity index (χ4v) is 4.11. The summed E-state index contributed by atoms with van der Waals surface area (Å²) in [5.74, 6) is 1.41. The molecule has 0 atom stereocenters. The van der Waals surface area contributed by atoms with Crippen molar-refractivity contribution >= 4 is 46.0 Å². The third kappa shape index (κ3) is 3.65. The molecule has 0 saturated carbocycles. The summed E-state index contributed by atoms with van der Waals surface area (Å²) in [5, 5.41) is 0. The molecule has 2 aromatic carbocycles. The second kappa shape index (κ2) is 8.02. The molecule has 1 saturated heterocycles. The maximum Gasteiger partial charge on any atom is 0.270 e. The van der Waals surface area contributed by atoms with Crippen LogP contribution in [0.2, 0.25) is 0 Å². The highest BCUT2D eigenvalue weighted by Gasteiger charge is 2.34. The molecule has 1 aliphatic heterocycles. The molecule has 0 N–H and O–H groups in total. The van der Waals surface area contributed by atoms with E-state index < -0.39 is 0 Å². The average molecular weight is 402 g/mol. The lowest BCUT2D eigenvalue weighted by Crippen LogP contribution is -2.28. The van der Waals surface area contributed by atoms with Crippen LogP contribution in [0.1, 0.15) is 11.1 Å². The number of carbonyl (C=O) groups excluding carboxylic acids is 1. The number of ether oxygens (including phenoxy) is 3. The number of thioether (sulfide) groups is 1. The van der Waals surface area contributed by atoms with E-state index in [1.54, 1.807) is 44.4 Å². The SMILES string of the molecule is COc1cc(C=C2SC(=S)N(c3ccccc3C)C2=O)cc(OC)c1OC. The number of aryl methyl sites for hydroxylation is 1. The van der Waals surface area contributed by atoms with Crippen LogP contribution in [-0.4, -0.2) is 31.6 Å². The van der Waals surface area contributed by atoms with Crippen LogP contribution >= 0.6 is 24.0 Å².